The van der Waals surface area contributed by atoms with E-state index in [9.17, 15) is 5.11 Å². The van der Waals surface area contributed by atoms with Gasteiger partial charge in [-0.15, -0.1) is 0 Å². The standard InChI is InChI=1S/C13H25NO2/c1-4-13(5-2)10(8-11(13)16-3)14-12(9-15)6-7-12/h10-11,14-15H,4-9H2,1-3H3. The minimum Gasteiger partial charge on any atom is -0.394 e. The SMILES string of the molecule is CCC1(CC)C(NC2(CO)CC2)CC1OC. The van der Waals surface area contributed by atoms with Gasteiger partial charge in [0.15, 0.2) is 0 Å². The molecule has 94 valence electrons. The quantitative estimate of drug-likeness (QED) is 0.725. The third kappa shape index (κ3) is 1.69. The van der Waals surface area contributed by atoms with Crippen LogP contribution in [0.3, 0.4) is 0 Å². The van der Waals surface area contributed by atoms with Crippen molar-refractivity contribution in [3.05, 3.63) is 0 Å². The molecule has 2 N–H and O–H groups in total. The highest BCUT2D eigenvalue weighted by molar-refractivity contribution is 5.13. The Labute approximate surface area is 98.6 Å². The summed E-state index contributed by atoms with van der Waals surface area (Å²) in [5.74, 6) is 0. The molecule has 0 bridgehead atoms. The molecule has 0 aromatic rings. The van der Waals surface area contributed by atoms with E-state index in [0.29, 0.717) is 17.6 Å². The van der Waals surface area contributed by atoms with Gasteiger partial charge in [-0.3, -0.25) is 0 Å². The van der Waals surface area contributed by atoms with E-state index in [1.54, 1.807) is 0 Å². The molecule has 2 fully saturated rings. The van der Waals surface area contributed by atoms with E-state index in [-0.39, 0.29) is 12.1 Å². The summed E-state index contributed by atoms with van der Waals surface area (Å²) in [7, 11) is 1.82. The number of aliphatic hydroxyl groups is 1. The van der Waals surface area contributed by atoms with Crippen LogP contribution < -0.4 is 5.32 Å². The van der Waals surface area contributed by atoms with Crippen LogP contribution in [0.25, 0.3) is 0 Å². The van der Waals surface area contributed by atoms with Crippen molar-refractivity contribution in [3.63, 3.8) is 0 Å². The van der Waals surface area contributed by atoms with Gasteiger partial charge >= 0.3 is 0 Å². The Morgan fingerprint density at radius 3 is 2.31 bits per heavy atom. The second-order valence-electron chi connectivity index (χ2n) is 5.54. The molecular formula is C13H25NO2. The molecule has 3 nitrogen and oxygen atoms in total. The molecule has 2 aliphatic rings. The summed E-state index contributed by atoms with van der Waals surface area (Å²) in [6, 6.07) is 0.530. The number of methoxy groups -OCH3 is 1. The molecule has 16 heavy (non-hydrogen) atoms. The van der Waals surface area contributed by atoms with Gasteiger partial charge in [-0.25, -0.2) is 0 Å². The molecule has 2 rings (SSSR count). The van der Waals surface area contributed by atoms with Crippen LogP contribution >= 0.6 is 0 Å². The molecule has 0 spiro atoms. The van der Waals surface area contributed by atoms with Gasteiger partial charge < -0.3 is 15.2 Å². The zero-order chi connectivity index (χ0) is 11.8. The number of ether oxygens (including phenoxy) is 1. The van der Waals surface area contributed by atoms with Crippen LogP contribution in [0.15, 0.2) is 0 Å². The number of nitrogens with one attached hydrogen (secondary N) is 1. The van der Waals surface area contributed by atoms with Gasteiger partial charge in [-0.2, -0.15) is 0 Å². The molecule has 2 aliphatic carbocycles. The lowest BCUT2D eigenvalue weighted by atomic mass is 9.58. The summed E-state index contributed by atoms with van der Waals surface area (Å²) < 4.78 is 5.58. The van der Waals surface area contributed by atoms with Crippen LogP contribution in [0, 0.1) is 5.41 Å². The van der Waals surface area contributed by atoms with Crippen molar-refractivity contribution in [2.75, 3.05) is 13.7 Å². The Balaban J connectivity index is 2.00. The van der Waals surface area contributed by atoms with E-state index in [1.807, 2.05) is 7.11 Å². The maximum absolute atomic E-state index is 9.37. The predicted molar refractivity (Wildman–Crippen MR) is 64.4 cm³/mol. The molecular weight excluding hydrogens is 202 g/mol. The van der Waals surface area contributed by atoms with E-state index in [4.69, 9.17) is 4.74 Å². The van der Waals surface area contributed by atoms with Gasteiger partial charge in [0.25, 0.3) is 0 Å². The Kier molecular flexibility index (Phi) is 3.30. The maximum atomic E-state index is 9.37. The molecule has 0 aromatic carbocycles. The Hall–Kier alpha value is -0.120. The largest absolute Gasteiger partial charge is 0.394 e. The van der Waals surface area contributed by atoms with Crippen molar-refractivity contribution in [2.45, 2.75) is 63.6 Å². The number of rotatable bonds is 6. The van der Waals surface area contributed by atoms with Gasteiger partial charge in [0.2, 0.25) is 0 Å². The average molecular weight is 227 g/mol. The molecule has 0 heterocycles. The molecule has 2 atom stereocenters. The second kappa shape index (κ2) is 4.28. The highest BCUT2D eigenvalue weighted by atomic mass is 16.5. The lowest BCUT2D eigenvalue weighted by Gasteiger charge is -2.56. The fraction of sp³-hybridized carbons (Fsp3) is 1.00. The highest BCUT2D eigenvalue weighted by Gasteiger charge is 2.56. The van der Waals surface area contributed by atoms with Gasteiger partial charge in [-0.1, -0.05) is 13.8 Å². The first-order chi connectivity index (χ1) is 7.66. The normalized spacial score (nSPS) is 34.5. The molecule has 2 saturated carbocycles. The molecule has 0 amide bonds. The van der Waals surface area contributed by atoms with Crippen LogP contribution in [0.2, 0.25) is 0 Å². The van der Waals surface area contributed by atoms with E-state index in [1.165, 1.54) is 0 Å². The average Bonchev–Trinajstić information content (AvgIpc) is 3.06. The number of hydrogen-bond donors (Lipinski definition) is 2. The van der Waals surface area contributed by atoms with Crippen LogP contribution in [-0.4, -0.2) is 36.5 Å². The van der Waals surface area contributed by atoms with Gasteiger partial charge in [-0.05, 0) is 32.1 Å². The first-order valence-electron chi connectivity index (χ1n) is 6.57. The summed E-state index contributed by atoms with van der Waals surface area (Å²) in [6.45, 7) is 4.79. The van der Waals surface area contributed by atoms with Crippen LogP contribution in [0.5, 0.6) is 0 Å². The summed E-state index contributed by atoms with van der Waals surface area (Å²) in [4.78, 5) is 0. The zero-order valence-electron chi connectivity index (χ0n) is 10.8. The maximum Gasteiger partial charge on any atom is 0.0657 e. The van der Waals surface area contributed by atoms with Crippen molar-refractivity contribution in [1.82, 2.24) is 5.32 Å². The number of aliphatic hydroxyl groups excluding tert-OH is 1. The molecule has 2 unspecified atom stereocenters. The summed E-state index contributed by atoms with van der Waals surface area (Å²) >= 11 is 0. The second-order valence-corrected chi connectivity index (χ2v) is 5.54. The zero-order valence-corrected chi connectivity index (χ0v) is 10.8. The molecule has 0 aromatic heterocycles. The van der Waals surface area contributed by atoms with Crippen LogP contribution in [-0.2, 0) is 4.74 Å². The molecule has 0 aliphatic heterocycles. The minimum atomic E-state index is 0.0545. The topological polar surface area (TPSA) is 41.5 Å². The summed E-state index contributed by atoms with van der Waals surface area (Å²) in [6.07, 6.45) is 6.06. The monoisotopic (exact) mass is 227 g/mol. The molecule has 3 heteroatoms. The third-order valence-electron chi connectivity index (χ3n) is 5.02. The highest BCUT2D eigenvalue weighted by Crippen LogP contribution is 2.51. The van der Waals surface area contributed by atoms with E-state index >= 15 is 0 Å². The Morgan fingerprint density at radius 2 is 1.94 bits per heavy atom. The van der Waals surface area contributed by atoms with Crippen LogP contribution in [0.4, 0.5) is 0 Å². The van der Waals surface area contributed by atoms with E-state index in [2.05, 4.69) is 19.2 Å². The smallest absolute Gasteiger partial charge is 0.0657 e. The lowest BCUT2D eigenvalue weighted by molar-refractivity contribution is -0.128. The van der Waals surface area contributed by atoms with E-state index < -0.39 is 0 Å². The minimum absolute atomic E-state index is 0.0545. The first-order valence-corrected chi connectivity index (χ1v) is 6.57. The summed E-state index contributed by atoms with van der Waals surface area (Å²) in [5.41, 5.74) is 0.346. The fourth-order valence-electron chi connectivity index (χ4n) is 3.35. The fourth-order valence-corrected chi connectivity index (χ4v) is 3.35. The third-order valence-corrected chi connectivity index (χ3v) is 5.02. The number of hydrogen-bond acceptors (Lipinski definition) is 3. The molecule has 0 saturated heterocycles. The first kappa shape index (κ1) is 12.3. The van der Waals surface area contributed by atoms with Crippen molar-refractivity contribution < 1.29 is 9.84 Å². The Morgan fingerprint density at radius 1 is 1.31 bits per heavy atom. The predicted octanol–water partition coefficient (Wildman–Crippen LogP) is 1.69. The molecule has 0 radical (unpaired) electrons. The van der Waals surface area contributed by atoms with Crippen molar-refractivity contribution in [2.24, 2.45) is 5.41 Å². The van der Waals surface area contributed by atoms with Gasteiger partial charge in [0.05, 0.1) is 12.7 Å². The summed E-state index contributed by atoms with van der Waals surface area (Å²) in [5, 5.41) is 13.1. The van der Waals surface area contributed by atoms with Crippen molar-refractivity contribution in [3.8, 4) is 0 Å². The lowest BCUT2D eigenvalue weighted by Crippen LogP contribution is -2.65. The van der Waals surface area contributed by atoms with Crippen molar-refractivity contribution >= 4 is 0 Å². The van der Waals surface area contributed by atoms with Crippen LogP contribution in [0.1, 0.15) is 46.0 Å². The van der Waals surface area contributed by atoms with Gasteiger partial charge in [0, 0.05) is 24.1 Å². The van der Waals surface area contributed by atoms with E-state index in [0.717, 1.165) is 32.1 Å². The van der Waals surface area contributed by atoms with Crippen molar-refractivity contribution in [1.29, 1.82) is 0 Å². The Bertz CT molecular complexity index is 246. The van der Waals surface area contributed by atoms with Gasteiger partial charge in [0.1, 0.15) is 0 Å².